The van der Waals surface area contributed by atoms with Crippen molar-refractivity contribution in [3.63, 3.8) is 0 Å². The minimum atomic E-state index is -0.590. The van der Waals surface area contributed by atoms with Gasteiger partial charge in [0.15, 0.2) is 0 Å². The van der Waals surface area contributed by atoms with Gasteiger partial charge in [0.25, 0.3) is 0 Å². The van der Waals surface area contributed by atoms with Crippen molar-refractivity contribution < 1.29 is 19.3 Å². The number of benzene rings is 2. The molecule has 0 saturated heterocycles. The van der Waals surface area contributed by atoms with Crippen LogP contribution in [0, 0.1) is 6.92 Å². The van der Waals surface area contributed by atoms with Gasteiger partial charge < -0.3 is 19.3 Å². The molecule has 0 amide bonds. The fourth-order valence-electron chi connectivity index (χ4n) is 3.77. The molecule has 1 atom stereocenters. The number of aliphatic hydroxyl groups excluding tert-OH is 1. The maximum atomic E-state index is 10.5. The molecule has 0 bridgehead atoms. The van der Waals surface area contributed by atoms with Gasteiger partial charge in [0.1, 0.15) is 5.75 Å². The van der Waals surface area contributed by atoms with E-state index in [2.05, 4.69) is 18.7 Å². The van der Waals surface area contributed by atoms with Gasteiger partial charge in [-0.1, -0.05) is 42.8 Å². The summed E-state index contributed by atoms with van der Waals surface area (Å²) in [6.07, 6.45) is 0.173. The number of hydrogen-bond acceptors (Lipinski definition) is 6. The van der Waals surface area contributed by atoms with Crippen molar-refractivity contribution in [3.8, 4) is 17.3 Å². The molecule has 184 valence electrons. The van der Waals surface area contributed by atoms with E-state index in [9.17, 15) is 5.11 Å². The molecule has 1 heterocycles. The summed E-state index contributed by atoms with van der Waals surface area (Å²) in [6.45, 7) is 9.23. The van der Waals surface area contributed by atoms with E-state index in [4.69, 9.17) is 19.3 Å². The number of nitrogens with zero attached hydrogens (tertiary/aromatic N) is 3. The van der Waals surface area contributed by atoms with Crippen LogP contribution in [-0.2, 0) is 22.4 Å². The van der Waals surface area contributed by atoms with Gasteiger partial charge in [0.05, 0.1) is 36.3 Å². The number of para-hydroxylation sites is 1. The van der Waals surface area contributed by atoms with E-state index in [1.807, 2.05) is 66.2 Å². The van der Waals surface area contributed by atoms with Gasteiger partial charge >= 0.3 is 0 Å². The normalized spacial score (nSPS) is 12.3. The largest absolute Gasteiger partial charge is 0.439 e. The van der Waals surface area contributed by atoms with Crippen LogP contribution in [0.25, 0.3) is 5.69 Å². The van der Waals surface area contributed by atoms with Crippen molar-refractivity contribution in [3.05, 3.63) is 71.4 Å². The Balaban J connectivity index is 1.98. The predicted molar refractivity (Wildman–Crippen MR) is 134 cm³/mol. The molecule has 3 rings (SSSR count). The number of ether oxygens (including phenoxy) is 3. The van der Waals surface area contributed by atoms with E-state index in [1.165, 1.54) is 5.56 Å². The van der Waals surface area contributed by atoms with Crippen LogP contribution in [0.1, 0.15) is 30.7 Å². The maximum absolute atomic E-state index is 10.5. The Labute approximate surface area is 202 Å². The molecule has 0 saturated carbocycles. The molecule has 7 heteroatoms. The van der Waals surface area contributed by atoms with E-state index >= 15 is 0 Å². The third-order valence-corrected chi connectivity index (χ3v) is 5.57. The van der Waals surface area contributed by atoms with E-state index in [0.29, 0.717) is 45.3 Å². The first kappa shape index (κ1) is 25.9. The summed E-state index contributed by atoms with van der Waals surface area (Å²) in [4.78, 5) is 2.17. The molecule has 7 nitrogen and oxygen atoms in total. The number of aliphatic hydroxyl groups is 1. The van der Waals surface area contributed by atoms with Gasteiger partial charge in [-0.05, 0) is 44.5 Å². The van der Waals surface area contributed by atoms with Crippen LogP contribution in [0.4, 0.5) is 0 Å². The lowest BCUT2D eigenvalue weighted by molar-refractivity contribution is 0.0147. The number of hydrogen-bond donors (Lipinski definition) is 1. The molecule has 1 aromatic heterocycles. The van der Waals surface area contributed by atoms with Crippen molar-refractivity contribution in [1.29, 1.82) is 0 Å². The van der Waals surface area contributed by atoms with E-state index in [-0.39, 0.29) is 0 Å². The second-order valence-corrected chi connectivity index (χ2v) is 8.29. The number of aryl methyl sites for hydroxylation is 2. The second kappa shape index (κ2) is 13.2. The Morgan fingerprint density at radius 2 is 1.79 bits per heavy atom. The molecule has 3 aromatic rings. The Morgan fingerprint density at radius 1 is 1.06 bits per heavy atom. The van der Waals surface area contributed by atoms with Crippen LogP contribution in [-0.4, -0.2) is 65.9 Å². The fourth-order valence-corrected chi connectivity index (χ4v) is 3.77. The summed E-state index contributed by atoms with van der Waals surface area (Å²) >= 11 is 0. The maximum Gasteiger partial charge on any atom is 0.227 e. The lowest BCUT2D eigenvalue weighted by atomic mass is 10.1. The van der Waals surface area contributed by atoms with Gasteiger partial charge in [-0.3, -0.25) is 4.90 Å². The van der Waals surface area contributed by atoms with Crippen molar-refractivity contribution >= 4 is 0 Å². The highest BCUT2D eigenvalue weighted by Gasteiger charge is 2.23. The lowest BCUT2D eigenvalue weighted by Crippen LogP contribution is -2.36. The first-order valence-corrected chi connectivity index (χ1v) is 11.9. The highest BCUT2D eigenvalue weighted by Crippen LogP contribution is 2.32. The summed E-state index contributed by atoms with van der Waals surface area (Å²) in [5, 5.41) is 15.4. The number of rotatable bonds is 14. The van der Waals surface area contributed by atoms with Gasteiger partial charge in [-0.15, -0.1) is 0 Å². The van der Waals surface area contributed by atoms with Crippen molar-refractivity contribution in [2.45, 2.75) is 39.8 Å². The van der Waals surface area contributed by atoms with Gasteiger partial charge in [0.2, 0.25) is 5.88 Å². The Bertz CT molecular complexity index is 989. The predicted octanol–water partition coefficient (Wildman–Crippen LogP) is 4.38. The van der Waals surface area contributed by atoms with Crippen LogP contribution in [0.2, 0.25) is 0 Å². The molecular formula is C27H37N3O4. The average molecular weight is 468 g/mol. The van der Waals surface area contributed by atoms with Crippen molar-refractivity contribution in [1.82, 2.24) is 14.7 Å². The topological polar surface area (TPSA) is 69.0 Å². The van der Waals surface area contributed by atoms with Gasteiger partial charge in [0, 0.05) is 33.4 Å². The van der Waals surface area contributed by atoms with Gasteiger partial charge in [-0.2, -0.15) is 5.10 Å². The molecule has 0 aliphatic carbocycles. The van der Waals surface area contributed by atoms with Crippen LogP contribution in [0.5, 0.6) is 11.6 Å². The van der Waals surface area contributed by atoms with E-state index in [1.54, 1.807) is 7.11 Å². The number of aromatic nitrogens is 2. The first-order chi connectivity index (χ1) is 16.5. The van der Waals surface area contributed by atoms with Crippen LogP contribution < -0.4 is 4.74 Å². The number of methoxy groups -OCH3 is 1. The first-order valence-electron chi connectivity index (χ1n) is 11.9. The van der Waals surface area contributed by atoms with Crippen LogP contribution >= 0.6 is 0 Å². The van der Waals surface area contributed by atoms with Crippen molar-refractivity contribution in [2.75, 3.05) is 40.0 Å². The molecule has 0 aliphatic rings. The zero-order chi connectivity index (χ0) is 24.3. The third-order valence-electron chi connectivity index (χ3n) is 5.57. The summed E-state index contributed by atoms with van der Waals surface area (Å²) in [5.41, 5.74) is 4.08. The fraction of sp³-hybridized carbons (Fsp3) is 0.444. The standard InChI is InChI=1S/C27H37N3O4/c1-5-26-25(19-29(16-17-32-4)18-23(31)20-33-6-2)27(34-24-14-12-21(3)13-15-24)30(28-26)22-10-8-7-9-11-22/h7-15,23,31H,5-6,16-20H2,1-4H3/t23-/m1/s1. The zero-order valence-corrected chi connectivity index (χ0v) is 20.7. The van der Waals surface area contributed by atoms with Crippen LogP contribution in [0.3, 0.4) is 0 Å². The Morgan fingerprint density at radius 3 is 2.44 bits per heavy atom. The molecule has 1 N–H and O–H groups in total. The molecule has 0 fully saturated rings. The SMILES string of the molecule is CCOC[C@H](O)CN(CCOC)Cc1c(CC)nn(-c2ccccc2)c1Oc1ccc(C)cc1. The molecule has 0 aliphatic heterocycles. The zero-order valence-electron chi connectivity index (χ0n) is 20.7. The molecule has 34 heavy (non-hydrogen) atoms. The van der Waals surface area contributed by atoms with Gasteiger partial charge in [-0.25, -0.2) is 4.68 Å². The summed E-state index contributed by atoms with van der Waals surface area (Å²) < 4.78 is 19.1. The highest BCUT2D eigenvalue weighted by molar-refractivity contribution is 5.44. The third kappa shape index (κ3) is 7.14. The molecule has 0 spiro atoms. The minimum absolute atomic E-state index is 0.302. The average Bonchev–Trinajstić information content (AvgIpc) is 3.20. The van der Waals surface area contributed by atoms with Crippen molar-refractivity contribution in [2.24, 2.45) is 0 Å². The second-order valence-electron chi connectivity index (χ2n) is 8.29. The summed E-state index contributed by atoms with van der Waals surface area (Å²) in [7, 11) is 1.69. The van der Waals surface area contributed by atoms with E-state index < -0.39 is 6.10 Å². The van der Waals surface area contributed by atoms with E-state index in [0.717, 1.165) is 29.1 Å². The summed E-state index contributed by atoms with van der Waals surface area (Å²) in [6, 6.07) is 18.0. The Kier molecular flexibility index (Phi) is 10.1. The molecule has 0 radical (unpaired) electrons. The smallest absolute Gasteiger partial charge is 0.227 e. The minimum Gasteiger partial charge on any atom is -0.439 e. The monoisotopic (exact) mass is 467 g/mol. The van der Waals surface area contributed by atoms with Crippen LogP contribution in [0.15, 0.2) is 54.6 Å². The highest BCUT2D eigenvalue weighted by atomic mass is 16.5. The quantitative estimate of drug-likeness (QED) is 0.379. The summed E-state index contributed by atoms with van der Waals surface area (Å²) in [5.74, 6) is 1.44. The molecule has 0 unspecified atom stereocenters. The molecular weight excluding hydrogens is 430 g/mol. The lowest BCUT2D eigenvalue weighted by Gasteiger charge is -2.25. The Hall–Kier alpha value is -2.71. The molecule has 2 aromatic carbocycles.